The van der Waals surface area contributed by atoms with Crippen molar-refractivity contribution in [3.05, 3.63) is 11.3 Å². The van der Waals surface area contributed by atoms with E-state index in [0.29, 0.717) is 6.61 Å². The van der Waals surface area contributed by atoms with Crippen molar-refractivity contribution in [2.24, 2.45) is 0 Å². The lowest BCUT2D eigenvalue weighted by Crippen LogP contribution is -2.25. The zero-order valence-electron chi connectivity index (χ0n) is 13.6. The Balaban J connectivity index is 4.20. The molecule has 0 rings (SSSR count). The first kappa shape index (κ1) is 18.4. The van der Waals surface area contributed by atoms with E-state index in [2.05, 4.69) is 26.6 Å². The van der Waals surface area contributed by atoms with E-state index < -0.39 is 8.07 Å². The molecule has 0 amide bonds. The second kappa shape index (κ2) is 10.2. The smallest absolute Gasteiger partial charge is 0.330 e. The molecule has 0 radical (unpaired) electrons. The number of hydrogen-bond acceptors (Lipinski definition) is 2. The summed E-state index contributed by atoms with van der Waals surface area (Å²) in [4.78, 5) is 11.6. The Labute approximate surface area is 120 Å². The number of esters is 1. The van der Waals surface area contributed by atoms with Crippen LogP contribution in [0.4, 0.5) is 0 Å². The Kier molecular flexibility index (Phi) is 9.93. The summed E-state index contributed by atoms with van der Waals surface area (Å²) in [6, 6.07) is 0. The Bertz CT molecular complexity index is 277. The molecular formula is C16H32O2Si. The minimum atomic E-state index is -1.39. The molecule has 0 spiro atoms. The number of hydrogen-bond donors (Lipinski definition) is 0. The van der Waals surface area contributed by atoms with Gasteiger partial charge in [0.25, 0.3) is 0 Å². The Hall–Kier alpha value is -0.573. The summed E-state index contributed by atoms with van der Waals surface area (Å²) in [6.45, 7) is 11.5. The fraction of sp³-hybridized carbons (Fsp3) is 0.812. The van der Waals surface area contributed by atoms with E-state index in [4.69, 9.17) is 4.74 Å². The van der Waals surface area contributed by atoms with Gasteiger partial charge in [-0.1, -0.05) is 63.9 Å². The van der Waals surface area contributed by atoms with Gasteiger partial charge in [0, 0.05) is 6.08 Å². The minimum absolute atomic E-state index is 0.161. The fourth-order valence-electron chi connectivity index (χ4n) is 2.09. The van der Waals surface area contributed by atoms with Crippen molar-refractivity contribution in [3.8, 4) is 0 Å². The highest BCUT2D eigenvalue weighted by Crippen LogP contribution is 2.21. The average Bonchev–Trinajstić information content (AvgIpc) is 2.31. The number of rotatable bonds is 10. The van der Waals surface area contributed by atoms with Gasteiger partial charge >= 0.3 is 5.97 Å². The second-order valence-corrected chi connectivity index (χ2v) is 11.3. The Morgan fingerprint density at radius 1 is 1.00 bits per heavy atom. The van der Waals surface area contributed by atoms with Crippen molar-refractivity contribution in [1.29, 1.82) is 0 Å². The molecule has 0 aliphatic rings. The van der Waals surface area contributed by atoms with Crippen LogP contribution in [0.15, 0.2) is 11.3 Å². The summed E-state index contributed by atoms with van der Waals surface area (Å²) in [5.74, 6) is -0.161. The molecule has 19 heavy (non-hydrogen) atoms. The molecule has 0 heterocycles. The van der Waals surface area contributed by atoms with Crippen LogP contribution in [0.5, 0.6) is 0 Å². The van der Waals surface area contributed by atoms with Gasteiger partial charge in [-0.2, -0.15) is 0 Å². The number of allylic oxidation sites excluding steroid dienone is 1. The van der Waals surface area contributed by atoms with Gasteiger partial charge in [0.05, 0.1) is 14.7 Å². The van der Waals surface area contributed by atoms with Gasteiger partial charge in [-0.05, 0) is 19.8 Å². The van der Waals surface area contributed by atoms with Crippen LogP contribution in [0.25, 0.3) is 0 Å². The molecule has 0 aromatic carbocycles. The van der Waals surface area contributed by atoms with Gasteiger partial charge in [0.1, 0.15) is 0 Å². The minimum Gasteiger partial charge on any atom is -0.463 e. The highest BCUT2D eigenvalue weighted by molar-refractivity contribution is 6.83. The second-order valence-electron chi connectivity index (χ2n) is 6.19. The highest BCUT2D eigenvalue weighted by atomic mass is 28.3. The maximum atomic E-state index is 11.6. The van der Waals surface area contributed by atoms with Crippen LogP contribution in [0, 0.1) is 0 Å². The van der Waals surface area contributed by atoms with Crippen molar-refractivity contribution in [1.82, 2.24) is 0 Å². The van der Waals surface area contributed by atoms with Gasteiger partial charge in [0.15, 0.2) is 0 Å². The first-order valence-electron chi connectivity index (χ1n) is 7.79. The highest BCUT2D eigenvalue weighted by Gasteiger charge is 2.20. The molecule has 0 N–H and O–H groups in total. The first-order chi connectivity index (χ1) is 8.91. The summed E-state index contributed by atoms with van der Waals surface area (Å²) in [5.41, 5.74) is 0. The Morgan fingerprint density at radius 2 is 1.58 bits per heavy atom. The molecule has 0 aliphatic heterocycles. The van der Waals surface area contributed by atoms with E-state index in [-0.39, 0.29) is 5.97 Å². The standard InChI is InChI=1S/C16H32O2Si/c1-6-8-9-10-11-12-13-15(19(3,4)5)14-16(17)18-7-2/h14H,6-13H2,1-5H3/b15-14+. The summed E-state index contributed by atoms with van der Waals surface area (Å²) < 4.78 is 5.03. The molecule has 0 aromatic rings. The average molecular weight is 285 g/mol. The zero-order chi connectivity index (χ0) is 14.7. The molecule has 0 saturated heterocycles. The van der Waals surface area contributed by atoms with E-state index >= 15 is 0 Å². The monoisotopic (exact) mass is 284 g/mol. The van der Waals surface area contributed by atoms with Crippen molar-refractivity contribution >= 4 is 14.0 Å². The van der Waals surface area contributed by atoms with Crippen molar-refractivity contribution < 1.29 is 9.53 Å². The van der Waals surface area contributed by atoms with E-state index in [1.165, 1.54) is 43.7 Å². The maximum absolute atomic E-state index is 11.6. The molecule has 0 aliphatic carbocycles. The third-order valence-corrected chi connectivity index (χ3v) is 5.66. The SMILES string of the molecule is CCCCCCCC/C(=C\C(=O)OCC)[Si](C)(C)C. The lowest BCUT2D eigenvalue weighted by Gasteiger charge is -2.21. The van der Waals surface area contributed by atoms with Crippen molar-refractivity contribution in [2.45, 2.75) is 78.4 Å². The molecule has 0 saturated carbocycles. The van der Waals surface area contributed by atoms with E-state index in [0.717, 1.165) is 6.42 Å². The van der Waals surface area contributed by atoms with Gasteiger partial charge < -0.3 is 4.74 Å². The number of carbonyl (C=O) groups is 1. The number of carbonyl (C=O) groups excluding carboxylic acids is 1. The quantitative estimate of drug-likeness (QED) is 0.241. The largest absolute Gasteiger partial charge is 0.463 e. The van der Waals surface area contributed by atoms with Crippen LogP contribution < -0.4 is 0 Å². The third kappa shape index (κ3) is 9.94. The lowest BCUT2D eigenvalue weighted by atomic mass is 10.1. The zero-order valence-corrected chi connectivity index (χ0v) is 14.6. The molecule has 0 unspecified atom stereocenters. The number of unbranched alkanes of at least 4 members (excludes halogenated alkanes) is 5. The normalized spacial score (nSPS) is 12.6. The van der Waals surface area contributed by atoms with Crippen LogP contribution in [-0.2, 0) is 9.53 Å². The molecule has 0 bridgehead atoms. The van der Waals surface area contributed by atoms with Crippen LogP contribution in [0.3, 0.4) is 0 Å². The van der Waals surface area contributed by atoms with Crippen LogP contribution in [0.1, 0.15) is 58.8 Å². The summed E-state index contributed by atoms with van der Waals surface area (Å²) in [6.07, 6.45) is 10.6. The van der Waals surface area contributed by atoms with Crippen molar-refractivity contribution in [2.75, 3.05) is 6.61 Å². The summed E-state index contributed by atoms with van der Waals surface area (Å²) in [7, 11) is -1.39. The van der Waals surface area contributed by atoms with Crippen LogP contribution in [0.2, 0.25) is 19.6 Å². The molecule has 0 atom stereocenters. The first-order valence-corrected chi connectivity index (χ1v) is 11.3. The summed E-state index contributed by atoms with van der Waals surface area (Å²) >= 11 is 0. The molecule has 0 aromatic heterocycles. The van der Waals surface area contributed by atoms with E-state index in [1.54, 1.807) is 6.08 Å². The maximum Gasteiger partial charge on any atom is 0.330 e. The molecule has 3 heteroatoms. The predicted octanol–water partition coefficient (Wildman–Crippen LogP) is 5.10. The van der Waals surface area contributed by atoms with Crippen molar-refractivity contribution in [3.63, 3.8) is 0 Å². The van der Waals surface area contributed by atoms with Gasteiger partial charge in [-0.3, -0.25) is 0 Å². The van der Waals surface area contributed by atoms with Crippen LogP contribution in [-0.4, -0.2) is 20.7 Å². The van der Waals surface area contributed by atoms with Gasteiger partial charge in [0.2, 0.25) is 0 Å². The van der Waals surface area contributed by atoms with E-state index in [9.17, 15) is 4.79 Å². The predicted molar refractivity (Wildman–Crippen MR) is 86.1 cm³/mol. The van der Waals surface area contributed by atoms with Gasteiger partial charge in [-0.15, -0.1) is 0 Å². The lowest BCUT2D eigenvalue weighted by molar-refractivity contribution is -0.137. The summed E-state index contributed by atoms with van der Waals surface area (Å²) in [5, 5.41) is 1.35. The third-order valence-electron chi connectivity index (χ3n) is 3.34. The van der Waals surface area contributed by atoms with Gasteiger partial charge in [-0.25, -0.2) is 4.79 Å². The molecule has 112 valence electrons. The Morgan fingerprint density at radius 3 is 2.11 bits per heavy atom. The topological polar surface area (TPSA) is 26.3 Å². The van der Waals surface area contributed by atoms with Crippen LogP contribution >= 0.6 is 0 Å². The molecule has 0 fully saturated rings. The molecule has 2 nitrogen and oxygen atoms in total. The van der Waals surface area contributed by atoms with E-state index in [1.807, 2.05) is 6.92 Å². The molecular weight excluding hydrogens is 252 g/mol. The number of ether oxygens (including phenoxy) is 1. The fourth-order valence-corrected chi connectivity index (χ4v) is 3.56.